The van der Waals surface area contributed by atoms with Crippen LogP contribution in [0.3, 0.4) is 0 Å². The summed E-state index contributed by atoms with van der Waals surface area (Å²) in [4.78, 5) is 18.8. The van der Waals surface area contributed by atoms with Crippen molar-refractivity contribution >= 4 is 23.2 Å². The van der Waals surface area contributed by atoms with E-state index in [2.05, 4.69) is 51.2 Å². The number of carbonyl (C=O) groups excluding carboxylic acids is 1. The molecule has 0 radical (unpaired) electrons. The van der Waals surface area contributed by atoms with Crippen molar-refractivity contribution in [2.45, 2.75) is 25.8 Å². The van der Waals surface area contributed by atoms with Crippen LogP contribution in [0.5, 0.6) is 0 Å². The molecule has 0 aromatic heterocycles. The number of fused-ring (bicyclic) bond motifs is 1. The molecule has 0 aliphatic carbocycles. The van der Waals surface area contributed by atoms with E-state index in [0.717, 1.165) is 29.4 Å². The van der Waals surface area contributed by atoms with Gasteiger partial charge >= 0.3 is 0 Å². The van der Waals surface area contributed by atoms with Crippen LogP contribution >= 0.6 is 0 Å². The number of rotatable bonds is 6. The second-order valence-electron chi connectivity index (χ2n) is 7.18. The molecule has 0 saturated heterocycles. The Balaban J connectivity index is 1.67. The largest absolute Gasteiger partial charge is 0.378 e. The van der Waals surface area contributed by atoms with Crippen molar-refractivity contribution in [3.63, 3.8) is 0 Å². The lowest BCUT2D eigenvalue weighted by Gasteiger charge is -2.26. The maximum absolute atomic E-state index is 12.0. The Morgan fingerprint density at radius 1 is 1.18 bits per heavy atom. The highest BCUT2D eigenvalue weighted by molar-refractivity contribution is 5.94. The van der Waals surface area contributed by atoms with Crippen LogP contribution in [-0.4, -0.2) is 39.1 Å². The molecule has 6 heteroatoms. The van der Waals surface area contributed by atoms with Crippen molar-refractivity contribution in [2.24, 2.45) is 4.99 Å². The van der Waals surface area contributed by atoms with Gasteiger partial charge in [-0.05, 0) is 36.2 Å². The summed E-state index contributed by atoms with van der Waals surface area (Å²) in [5.74, 6) is 0.958. The van der Waals surface area contributed by atoms with E-state index in [0.29, 0.717) is 19.5 Å². The highest BCUT2D eigenvalue weighted by Gasteiger charge is 2.24. The Kier molecular flexibility index (Phi) is 6.53. The third-order valence-corrected chi connectivity index (χ3v) is 4.81. The quantitative estimate of drug-likeness (QED) is 0.533. The number of nitrogens with one attached hydrogen (secondary N) is 3. The number of para-hydroxylation sites is 1. The molecule has 6 nitrogen and oxygen atoms in total. The number of amides is 1. The van der Waals surface area contributed by atoms with Crippen LogP contribution in [0.1, 0.15) is 30.4 Å². The molecule has 148 valence electrons. The minimum absolute atomic E-state index is 0.0629. The second kappa shape index (κ2) is 9.26. The molecule has 3 rings (SSSR count). The van der Waals surface area contributed by atoms with Crippen LogP contribution in [0, 0.1) is 0 Å². The zero-order chi connectivity index (χ0) is 19.9. The van der Waals surface area contributed by atoms with Crippen LogP contribution < -0.4 is 20.9 Å². The average molecular weight is 380 g/mol. The molecule has 28 heavy (non-hydrogen) atoms. The maximum atomic E-state index is 12.0. The van der Waals surface area contributed by atoms with Crippen molar-refractivity contribution in [3.05, 3.63) is 59.7 Å². The molecule has 0 bridgehead atoms. The average Bonchev–Trinajstić information content (AvgIpc) is 2.70. The molecule has 1 aliphatic heterocycles. The second-order valence-corrected chi connectivity index (χ2v) is 7.18. The monoisotopic (exact) mass is 379 g/mol. The van der Waals surface area contributed by atoms with Gasteiger partial charge in [-0.25, -0.2) is 4.99 Å². The van der Waals surface area contributed by atoms with E-state index >= 15 is 0 Å². The van der Waals surface area contributed by atoms with E-state index < -0.39 is 0 Å². The van der Waals surface area contributed by atoms with E-state index in [-0.39, 0.29) is 11.8 Å². The first-order chi connectivity index (χ1) is 13.6. The summed E-state index contributed by atoms with van der Waals surface area (Å²) in [5.41, 5.74) is 4.40. The molecule has 0 spiro atoms. The van der Waals surface area contributed by atoms with E-state index in [9.17, 15) is 4.79 Å². The highest BCUT2D eigenvalue weighted by atomic mass is 16.1. The van der Waals surface area contributed by atoms with E-state index in [1.807, 2.05) is 39.2 Å². The Labute approximate surface area is 167 Å². The van der Waals surface area contributed by atoms with Gasteiger partial charge in [0.2, 0.25) is 5.91 Å². The minimum Gasteiger partial charge on any atom is -0.378 e. The summed E-state index contributed by atoms with van der Waals surface area (Å²) in [6.45, 7) is 4.09. The van der Waals surface area contributed by atoms with Crippen LogP contribution in [0.25, 0.3) is 0 Å². The molecule has 1 aliphatic rings. The lowest BCUT2D eigenvalue weighted by atomic mass is 9.90. The van der Waals surface area contributed by atoms with Gasteiger partial charge in [-0.2, -0.15) is 0 Å². The molecule has 1 atom stereocenters. The van der Waals surface area contributed by atoms with Gasteiger partial charge in [0.1, 0.15) is 0 Å². The van der Waals surface area contributed by atoms with Gasteiger partial charge in [-0.15, -0.1) is 0 Å². The Morgan fingerprint density at radius 3 is 2.79 bits per heavy atom. The first kappa shape index (κ1) is 19.7. The van der Waals surface area contributed by atoms with Crippen molar-refractivity contribution in [1.29, 1.82) is 0 Å². The maximum Gasteiger partial charge on any atom is 0.225 e. The number of carbonyl (C=O) groups is 1. The number of benzene rings is 2. The molecule has 0 saturated carbocycles. The van der Waals surface area contributed by atoms with Crippen molar-refractivity contribution in [2.75, 3.05) is 37.4 Å². The lowest BCUT2D eigenvalue weighted by Crippen LogP contribution is -2.40. The molecule has 1 heterocycles. The SMILES string of the molecule is CCNC(=NCc1cccc(N(C)C)c1)NCC1CC(=O)Nc2ccccc21. The Bertz CT molecular complexity index is 846. The molecule has 1 amide bonds. The summed E-state index contributed by atoms with van der Waals surface area (Å²) in [6.07, 6.45) is 0.480. The number of hydrogen-bond donors (Lipinski definition) is 3. The van der Waals surface area contributed by atoms with Gasteiger partial charge in [0.05, 0.1) is 6.54 Å². The molecule has 0 fully saturated rings. The molecule has 1 unspecified atom stereocenters. The standard InChI is InChI=1S/C22H29N5O/c1-4-23-22(24-14-16-8-7-9-18(12-16)27(2)3)25-15-17-13-21(28)26-20-11-6-5-10-19(17)20/h5-12,17H,4,13-15H2,1-3H3,(H,26,28)(H2,23,24,25). The molecule has 3 N–H and O–H groups in total. The van der Waals surface area contributed by atoms with Crippen LogP contribution in [0.2, 0.25) is 0 Å². The summed E-state index contributed by atoms with van der Waals surface area (Å²) >= 11 is 0. The smallest absolute Gasteiger partial charge is 0.225 e. The zero-order valence-corrected chi connectivity index (χ0v) is 16.8. The summed E-state index contributed by atoms with van der Waals surface area (Å²) in [5, 5.41) is 9.65. The fourth-order valence-corrected chi connectivity index (χ4v) is 3.35. The van der Waals surface area contributed by atoms with Crippen LogP contribution in [-0.2, 0) is 11.3 Å². The minimum atomic E-state index is 0.0629. The Hall–Kier alpha value is -3.02. The van der Waals surface area contributed by atoms with Crippen molar-refractivity contribution < 1.29 is 4.79 Å². The number of anilines is 2. The summed E-state index contributed by atoms with van der Waals surface area (Å²) < 4.78 is 0. The molecular formula is C22H29N5O. The third kappa shape index (κ3) is 5.03. The van der Waals surface area contributed by atoms with Gasteiger partial charge in [-0.3, -0.25) is 4.79 Å². The number of guanidine groups is 1. The summed E-state index contributed by atoms with van der Waals surface area (Å²) in [6, 6.07) is 16.4. The molecule has 2 aromatic carbocycles. The zero-order valence-electron chi connectivity index (χ0n) is 16.8. The van der Waals surface area contributed by atoms with Crippen LogP contribution in [0.15, 0.2) is 53.5 Å². The van der Waals surface area contributed by atoms with Gasteiger partial charge < -0.3 is 20.9 Å². The first-order valence-electron chi connectivity index (χ1n) is 9.74. The van der Waals surface area contributed by atoms with Crippen molar-refractivity contribution in [3.8, 4) is 0 Å². The highest BCUT2D eigenvalue weighted by Crippen LogP contribution is 2.31. The van der Waals surface area contributed by atoms with Crippen LogP contribution in [0.4, 0.5) is 11.4 Å². The van der Waals surface area contributed by atoms with Gasteiger partial charge in [0, 0.05) is 50.9 Å². The molecule has 2 aromatic rings. The van der Waals surface area contributed by atoms with E-state index in [1.165, 1.54) is 5.56 Å². The normalized spacial score (nSPS) is 16.2. The number of aliphatic imine (C=N–C) groups is 1. The predicted molar refractivity (Wildman–Crippen MR) is 116 cm³/mol. The van der Waals surface area contributed by atoms with Gasteiger partial charge in [0.15, 0.2) is 5.96 Å². The summed E-state index contributed by atoms with van der Waals surface area (Å²) in [7, 11) is 4.07. The topological polar surface area (TPSA) is 68.8 Å². The molecular weight excluding hydrogens is 350 g/mol. The van der Waals surface area contributed by atoms with Gasteiger partial charge in [0.25, 0.3) is 0 Å². The van der Waals surface area contributed by atoms with Crippen molar-refractivity contribution in [1.82, 2.24) is 10.6 Å². The van der Waals surface area contributed by atoms with Gasteiger partial charge in [-0.1, -0.05) is 30.3 Å². The fraction of sp³-hybridized carbons (Fsp3) is 0.364. The third-order valence-electron chi connectivity index (χ3n) is 4.81. The van der Waals surface area contributed by atoms with E-state index in [1.54, 1.807) is 0 Å². The van der Waals surface area contributed by atoms with E-state index in [4.69, 9.17) is 4.99 Å². The first-order valence-corrected chi connectivity index (χ1v) is 9.74. The number of nitrogens with zero attached hydrogens (tertiary/aromatic N) is 2. The lowest BCUT2D eigenvalue weighted by molar-refractivity contribution is -0.116. The predicted octanol–water partition coefficient (Wildman–Crippen LogP) is 2.93. The fourth-order valence-electron chi connectivity index (χ4n) is 3.35. The Morgan fingerprint density at radius 2 is 2.00 bits per heavy atom. The number of hydrogen-bond acceptors (Lipinski definition) is 3.